The van der Waals surface area contributed by atoms with Crippen molar-refractivity contribution in [2.45, 2.75) is 31.6 Å². The first-order chi connectivity index (χ1) is 9.47. The van der Waals surface area contributed by atoms with E-state index in [-0.39, 0.29) is 12.3 Å². The van der Waals surface area contributed by atoms with Crippen molar-refractivity contribution < 1.29 is 13.2 Å². The molecule has 20 heavy (non-hydrogen) atoms. The fourth-order valence-corrected chi connectivity index (χ4v) is 2.40. The predicted molar refractivity (Wildman–Crippen MR) is 72.3 cm³/mol. The number of rotatable bonds is 5. The van der Waals surface area contributed by atoms with Gasteiger partial charge in [-0.2, -0.15) is 13.2 Å². The van der Waals surface area contributed by atoms with Gasteiger partial charge in [-0.05, 0) is 18.5 Å². The second-order valence-electron chi connectivity index (χ2n) is 4.99. The summed E-state index contributed by atoms with van der Waals surface area (Å²) in [6.07, 6.45) is -4.06. The molecule has 2 atom stereocenters. The Morgan fingerprint density at radius 2 is 1.95 bits per heavy atom. The summed E-state index contributed by atoms with van der Waals surface area (Å²) in [7, 11) is 0. The molecule has 1 aliphatic heterocycles. The summed E-state index contributed by atoms with van der Waals surface area (Å²) in [4.78, 5) is 3.92. The van der Waals surface area contributed by atoms with Gasteiger partial charge >= 0.3 is 6.18 Å². The predicted octanol–water partition coefficient (Wildman–Crippen LogP) is 2.47. The Labute approximate surface area is 116 Å². The van der Waals surface area contributed by atoms with Gasteiger partial charge in [-0.3, -0.25) is 4.99 Å². The minimum absolute atomic E-state index is 0.111. The molecule has 0 fully saturated rings. The number of nitrogens with two attached hydrogens (primary N) is 1. The Kier molecular flexibility index (Phi) is 4.65. The molecule has 0 spiro atoms. The first-order valence-corrected chi connectivity index (χ1v) is 6.60. The van der Waals surface area contributed by atoms with E-state index in [1.165, 1.54) is 0 Å². The number of hydrogen-bond acceptors (Lipinski definition) is 3. The van der Waals surface area contributed by atoms with Crippen molar-refractivity contribution in [2.24, 2.45) is 16.6 Å². The number of nitrogens with zero attached hydrogens (tertiary/aromatic N) is 1. The fraction of sp³-hybridized carbons (Fsp3) is 0.500. The van der Waals surface area contributed by atoms with Crippen LogP contribution in [0.25, 0.3) is 0 Å². The molecule has 3 nitrogen and oxygen atoms in total. The third-order valence-electron chi connectivity index (χ3n) is 3.43. The summed E-state index contributed by atoms with van der Waals surface area (Å²) in [5.74, 6) is -1.32. The molecule has 0 saturated carbocycles. The average molecular weight is 285 g/mol. The Balaban J connectivity index is 1.78. The van der Waals surface area contributed by atoms with E-state index in [9.17, 15) is 13.2 Å². The van der Waals surface area contributed by atoms with Gasteiger partial charge in [0, 0.05) is 13.0 Å². The van der Waals surface area contributed by atoms with Crippen molar-refractivity contribution in [3.8, 4) is 0 Å². The second-order valence-corrected chi connectivity index (χ2v) is 4.99. The van der Waals surface area contributed by atoms with Crippen molar-refractivity contribution in [1.82, 2.24) is 5.32 Å². The van der Waals surface area contributed by atoms with Crippen LogP contribution in [0.4, 0.5) is 13.2 Å². The molecular weight excluding hydrogens is 267 g/mol. The molecule has 6 heteroatoms. The molecular formula is C14H18F3N3. The number of alkyl halides is 3. The molecule has 0 unspecified atom stereocenters. The molecule has 0 bridgehead atoms. The Morgan fingerprint density at radius 3 is 2.60 bits per heavy atom. The van der Waals surface area contributed by atoms with Gasteiger partial charge in [-0.15, -0.1) is 0 Å². The molecule has 1 aliphatic rings. The number of amidine groups is 1. The van der Waals surface area contributed by atoms with E-state index >= 15 is 0 Å². The van der Waals surface area contributed by atoms with Crippen molar-refractivity contribution in [2.75, 3.05) is 6.54 Å². The fourth-order valence-electron chi connectivity index (χ4n) is 2.40. The van der Waals surface area contributed by atoms with Gasteiger partial charge in [0.1, 0.15) is 0 Å². The van der Waals surface area contributed by atoms with Crippen LogP contribution < -0.4 is 11.1 Å². The van der Waals surface area contributed by atoms with Crippen LogP contribution in [-0.2, 0) is 6.54 Å². The van der Waals surface area contributed by atoms with Gasteiger partial charge in [0.2, 0.25) is 0 Å². The third-order valence-corrected chi connectivity index (χ3v) is 3.43. The lowest BCUT2D eigenvalue weighted by molar-refractivity contribution is -0.175. The molecule has 1 aromatic rings. The Morgan fingerprint density at radius 1 is 1.25 bits per heavy atom. The van der Waals surface area contributed by atoms with Crippen LogP contribution in [-0.4, -0.2) is 24.6 Å². The Hall–Kier alpha value is -1.56. The number of aliphatic imine (C=N–C) groups is 1. The SMILES string of the molecule is NC1=N[C@@H](CCNCc2ccccc2)[C@H](C(F)(F)F)C1. The molecule has 1 aromatic carbocycles. The lowest BCUT2D eigenvalue weighted by atomic mass is 9.96. The van der Waals surface area contributed by atoms with Gasteiger partial charge in [0.05, 0.1) is 17.8 Å². The van der Waals surface area contributed by atoms with E-state index in [4.69, 9.17) is 5.73 Å². The van der Waals surface area contributed by atoms with Crippen molar-refractivity contribution >= 4 is 5.84 Å². The Bertz CT molecular complexity index is 456. The molecule has 110 valence electrons. The van der Waals surface area contributed by atoms with E-state index in [0.717, 1.165) is 5.56 Å². The van der Waals surface area contributed by atoms with Crippen LogP contribution in [0.1, 0.15) is 18.4 Å². The zero-order chi connectivity index (χ0) is 14.6. The van der Waals surface area contributed by atoms with Crippen LogP contribution in [0, 0.1) is 5.92 Å². The number of halogens is 3. The second kappa shape index (κ2) is 6.26. The number of nitrogens with one attached hydrogen (secondary N) is 1. The maximum atomic E-state index is 12.8. The molecule has 2 rings (SSSR count). The summed E-state index contributed by atoms with van der Waals surface area (Å²) in [5, 5.41) is 3.14. The highest BCUT2D eigenvalue weighted by molar-refractivity contribution is 5.82. The minimum Gasteiger partial charge on any atom is -0.387 e. The summed E-state index contributed by atoms with van der Waals surface area (Å²) in [5.41, 5.74) is 6.54. The van der Waals surface area contributed by atoms with Crippen LogP contribution in [0.3, 0.4) is 0 Å². The van der Waals surface area contributed by atoms with E-state index in [0.29, 0.717) is 19.5 Å². The van der Waals surface area contributed by atoms with Gasteiger partial charge in [0.15, 0.2) is 0 Å². The molecule has 0 aromatic heterocycles. The molecule has 3 N–H and O–H groups in total. The highest BCUT2D eigenvalue weighted by atomic mass is 19.4. The summed E-state index contributed by atoms with van der Waals surface area (Å²) < 4.78 is 38.4. The maximum Gasteiger partial charge on any atom is 0.394 e. The zero-order valence-corrected chi connectivity index (χ0v) is 11.0. The quantitative estimate of drug-likeness (QED) is 0.817. The summed E-state index contributed by atoms with van der Waals surface area (Å²) in [6, 6.07) is 8.97. The highest BCUT2D eigenvalue weighted by Gasteiger charge is 2.47. The lowest BCUT2D eigenvalue weighted by Crippen LogP contribution is -2.32. The number of hydrogen-bond donors (Lipinski definition) is 2. The molecule has 0 radical (unpaired) electrons. The van der Waals surface area contributed by atoms with E-state index in [1.807, 2.05) is 30.3 Å². The highest BCUT2D eigenvalue weighted by Crippen LogP contribution is 2.37. The van der Waals surface area contributed by atoms with Crippen molar-refractivity contribution in [3.05, 3.63) is 35.9 Å². The minimum atomic E-state index is -4.23. The van der Waals surface area contributed by atoms with E-state index in [1.54, 1.807) is 0 Å². The average Bonchev–Trinajstić information content (AvgIpc) is 2.77. The van der Waals surface area contributed by atoms with Gasteiger partial charge in [-0.25, -0.2) is 0 Å². The van der Waals surface area contributed by atoms with Crippen molar-refractivity contribution in [1.29, 1.82) is 0 Å². The normalized spacial score (nSPS) is 22.9. The van der Waals surface area contributed by atoms with Crippen molar-refractivity contribution in [3.63, 3.8) is 0 Å². The van der Waals surface area contributed by atoms with Crippen LogP contribution in [0.2, 0.25) is 0 Å². The van der Waals surface area contributed by atoms with Crippen LogP contribution in [0.5, 0.6) is 0 Å². The molecule has 0 amide bonds. The third kappa shape index (κ3) is 3.96. The van der Waals surface area contributed by atoms with Gasteiger partial charge in [-0.1, -0.05) is 30.3 Å². The molecule has 1 heterocycles. The maximum absolute atomic E-state index is 12.8. The lowest BCUT2D eigenvalue weighted by Gasteiger charge is -2.20. The number of benzene rings is 1. The summed E-state index contributed by atoms with van der Waals surface area (Å²) >= 11 is 0. The van der Waals surface area contributed by atoms with E-state index in [2.05, 4.69) is 10.3 Å². The first kappa shape index (κ1) is 14.8. The molecule has 0 aliphatic carbocycles. The first-order valence-electron chi connectivity index (χ1n) is 6.60. The van der Waals surface area contributed by atoms with Crippen LogP contribution >= 0.6 is 0 Å². The largest absolute Gasteiger partial charge is 0.394 e. The topological polar surface area (TPSA) is 50.4 Å². The van der Waals surface area contributed by atoms with Gasteiger partial charge in [0.25, 0.3) is 0 Å². The molecule has 0 saturated heterocycles. The standard InChI is InChI=1S/C14H18F3N3/c15-14(16,17)11-8-13(18)20-12(11)6-7-19-9-10-4-2-1-3-5-10/h1-5,11-12,19H,6-9H2,(H2,18,20)/t11-,12+/m1/s1. The smallest absolute Gasteiger partial charge is 0.387 e. The van der Waals surface area contributed by atoms with Crippen LogP contribution in [0.15, 0.2) is 35.3 Å². The zero-order valence-electron chi connectivity index (χ0n) is 11.0. The van der Waals surface area contributed by atoms with Gasteiger partial charge < -0.3 is 11.1 Å². The monoisotopic (exact) mass is 285 g/mol. The van der Waals surface area contributed by atoms with E-state index < -0.39 is 18.1 Å². The summed E-state index contributed by atoms with van der Waals surface area (Å²) in [6.45, 7) is 1.13.